The lowest BCUT2D eigenvalue weighted by molar-refractivity contribution is -0.141. The van der Waals surface area contributed by atoms with Crippen molar-refractivity contribution in [2.45, 2.75) is 45.6 Å². The molecule has 0 aromatic heterocycles. The number of carboxylic acid groups (broad SMARTS) is 1. The molecular weight excluding hydrogens is 258 g/mol. The number of hydrogen-bond acceptors (Lipinski definition) is 3. The van der Waals surface area contributed by atoms with Crippen molar-refractivity contribution < 1.29 is 14.7 Å². The number of aliphatic carboxylic acids is 1. The second-order valence-electron chi connectivity index (χ2n) is 5.42. The van der Waals surface area contributed by atoms with Crippen LogP contribution in [0, 0.1) is 5.92 Å². The maximum atomic E-state index is 11.5. The SMILES string of the molecule is CCN(CCNC(=O)NCCCC(C)C(=O)O)C1CC1. The summed E-state index contributed by atoms with van der Waals surface area (Å²) in [6, 6.07) is 0.558. The van der Waals surface area contributed by atoms with E-state index in [0.717, 1.165) is 19.1 Å². The van der Waals surface area contributed by atoms with Gasteiger partial charge in [0.2, 0.25) is 0 Å². The lowest BCUT2D eigenvalue weighted by Crippen LogP contribution is -2.41. The number of rotatable bonds is 10. The van der Waals surface area contributed by atoms with E-state index < -0.39 is 5.97 Å². The summed E-state index contributed by atoms with van der Waals surface area (Å²) in [5, 5.41) is 14.3. The third-order valence-electron chi connectivity index (χ3n) is 3.68. The molecule has 1 rings (SSSR count). The molecule has 1 fully saturated rings. The molecule has 2 amide bonds. The zero-order chi connectivity index (χ0) is 15.0. The summed E-state index contributed by atoms with van der Waals surface area (Å²) in [5.74, 6) is -1.13. The van der Waals surface area contributed by atoms with Crippen LogP contribution in [0.4, 0.5) is 4.79 Å². The maximum Gasteiger partial charge on any atom is 0.314 e. The lowest BCUT2D eigenvalue weighted by Gasteiger charge is -2.19. The minimum Gasteiger partial charge on any atom is -0.481 e. The van der Waals surface area contributed by atoms with Crippen molar-refractivity contribution >= 4 is 12.0 Å². The fourth-order valence-corrected chi connectivity index (χ4v) is 2.15. The second-order valence-corrected chi connectivity index (χ2v) is 5.42. The predicted molar refractivity (Wildman–Crippen MR) is 77.7 cm³/mol. The Bertz CT molecular complexity index is 319. The maximum absolute atomic E-state index is 11.5. The molecule has 1 aliphatic carbocycles. The van der Waals surface area contributed by atoms with Gasteiger partial charge in [0.05, 0.1) is 5.92 Å². The number of urea groups is 1. The first-order chi connectivity index (χ1) is 9.54. The Morgan fingerprint density at radius 3 is 2.50 bits per heavy atom. The van der Waals surface area contributed by atoms with Crippen molar-refractivity contribution in [1.82, 2.24) is 15.5 Å². The molecule has 0 saturated heterocycles. The molecule has 0 aromatic carbocycles. The van der Waals surface area contributed by atoms with Crippen LogP contribution in [0.25, 0.3) is 0 Å². The van der Waals surface area contributed by atoms with Crippen LogP contribution >= 0.6 is 0 Å². The van der Waals surface area contributed by atoms with E-state index in [1.54, 1.807) is 6.92 Å². The lowest BCUT2D eigenvalue weighted by atomic mass is 10.1. The minimum absolute atomic E-state index is 0.167. The largest absolute Gasteiger partial charge is 0.481 e. The number of amides is 2. The first-order valence-corrected chi connectivity index (χ1v) is 7.53. The van der Waals surface area contributed by atoms with Crippen LogP contribution < -0.4 is 10.6 Å². The van der Waals surface area contributed by atoms with E-state index in [9.17, 15) is 9.59 Å². The molecule has 1 saturated carbocycles. The molecule has 0 aliphatic heterocycles. The fraction of sp³-hybridized carbons (Fsp3) is 0.857. The van der Waals surface area contributed by atoms with E-state index in [4.69, 9.17) is 5.11 Å². The molecule has 0 radical (unpaired) electrons. The van der Waals surface area contributed by atoms with Crippen molar-refractivity contribution in [2.75, 3.05) is 26.2 Å². The Hall–Kier alpha value is -1.30. The second kappa shape index (κ2) is 8.79. The summed E-state index contributed by atoms with van der Waals surface area (Å²) in [5.41, 5.74) is 0. The zero-order valence-electron chi connectivity index (χ0n) is 12.5. The van der Waals surface area contributed by atoms with Gasteiger partial charge in [-0.15, -0.1) is 0 Å². The van der Waals surface area contributed by atoms with Gasteiger partial charge in [-0.1, -0.05) is 13.8 Å². The molecule has 3 N–H and O–H groups in total. The molecular formula is C14H27N3O3. The highest BCUT2D eigenvalue weighted by Crippen LogP contribution is 2.25. The molecule has 0 aromatic rings. The van der Waals surface area contributed by atoms with Crippen molar-refractivity contribution in [3.63, 3.8) is 0 Å². The van der Waals surface area contributed by atoms with E-state index in [1.165, 1.54) is 12.8 Å². The third kappa shape index (κ3) is 6.75. The molecule has 6 heteroatoms. The van der Waals surface area contributed by atoms with E-state index in [1.807, 2.05) is 0 Å². The molecule has 1 atom stereocenters. The Morgan fingerprint density at radius 1 is 1.30 bits per heavy atom. The number of hydrogen-bond donors (Lipinski definition) is 3. The minimum atomic E-state index is -0.783. The topological polar surface area (TPSA) is 81.7 Å². The van der Waals surface area contributed by atoms with Gasteiger partial charge in [0.25, 0.3) is 0 Å². The molecule has 20 heavy (non-hydrogen) atoms. The molecule has 116 valence electrons. The van der Waals surface area contributed by atoms with Crippen LogP contribution in [-0.2, 0) is 4.79 Å². The molecule has 1 unspecified atom stereocenters. The Balaban J connectivity index is 1.98. The summed E-state index contributed by atoms with van der Waals surface area (Å²) in [6.07, 6.45) is 3.83. The van der Waals surface area contributed by atoms with Gasteiger partial charge in [-0.3, -0.25) is 9.69 Å². The average Bonchev–Trinajstić information content (AvgIpc) is 3.23. The Morgan fingerprint density at radius 2 is 1.95 bits per heavy atom. The average molecular weight is 285 g/mol. The fourth-order valence-electron chi connectivity index (χ4n) is 2.15. The van der Waals surface area contributed by atoms with E-state index in [2.05, 4.69) is 22.5 Å². The van der Waals surface area contributed by atoms with Crippen molar-refractivity contribution in [3.8, 4) is 0 Å². The van der Waals surface area contributed by atoms with Gasteiger partial charge in [0.1, 0.15) is 0 Å². The summed E-state index contributed by atoms with van der Waals surface area (Å²) >= 11 is 0. The van der Waals surface area contributed by atoms with E-state index in [-0.39, 0.29) is 11.9 Å². The summed E-state index contributed by atoms with van der Waals surface area (Å²) in [7, 11) is 0. The Labute approximate surface area is 120 Å². The van der Waals surface area contributed by atoms with Crippen LogP contribution in [0.15, 0.2) is 0 Å². The predicted octanol–water partition coefficient (Wildman–Crippen LogP) is 1.27. The molecule has 1 aliphatic rings. The number of carboxylic acids is 1. The van der Waals surface area contributed by atoms with Crippen LogP contribution in [0.5, 0.6) is 0 Å². The Kier molecular flexibility index (Phi) is 7.36. The van der Waals surface area contributed by atoms with Crippen LogP contribution in [-0.4, -0.2) is 54.2 Å². The van der Waals surface area contributed by atoms with Gasteiger partial charge >= 0.3 is 12.0 Å². The molecule has 0 spiro atoms. The smallest absolute Gasteiger partial charge is 0.314 e. The standard InChI is InChI=1S/C14H27N3O3/c1-3-17(12-6-7-12)10-9-16-14(20)15-8-4-5-11(2)13(18)19/h11-12H,3-10H2,1-2H3,(H,18,19)(H2,15,16,20). The van der Waals surface area contributed by atoms with Gasteiger partial charge in [0.15, 0.2) is 0 Å². The summed E-state index contributed by atoms with van der Waals surface area (Å²) in [6.45, 7) is 6.92. The number of carbonyl (C=O) groups is 2. The van der Waals surface area contributed by atoms with Crippen molar-refractivity contribution in [1.29, 1.82) is 0 Å². The normalized spacial score (nSPS) is 15.9. The molecule has 0 heterocycles. The van der Waals surface area contributed by atoms with Crippen molar-refractivity contribution in [3.05, 3.63) is 0 Å². The van der Waals surface area contributed by atoms with Crippen molar-refractivity contribution in [2.24, 2.45) is 5.92 Å². The highest BCUT2D eigenvalue weighted by molar-refractivity contribution is 5.73. The van der Waals surface area contributed by atoms with Gasteiger partial charge in [-0.25, -0.2) is 4.79 Å². The summed E-state index contributed by atoms with van der Waals surface area (Å²) in [4.78, 5) is 24.5. The van der Waals surface area contributed by atoms with E-state index >= 15 is 0 Å². The summed E-state index contributed by atoms with van der Waals surface area (Å²) < 4.78 is 0. The van der Waals surface area contributed by atoms with Gasteiger partial charge in [-0.05, 0) is 32.2 Å². The number of likely N-dealkylation sites (N-methyl/N-ethyl adjacent to an activating group) is 1. The van der Waals surface area contributed by atoms with E-state index in [0.29, 0.717) is 25.9 Å². The monoisotopic (exact) mass is 285 g/mol. The molecule has 0 bridgehead atoms. The zero-order valence-corrected chi connectivity index (χ0v) is 12.5. The van der Waals surface area contributed by atoms with Gasteiger partial charge in [-0.2, -0.15) is 0 Å². The number of carbonyl (C=O) groups excluding carboxylic acids is 1. The van der Waals surface area contributed by atoms with Crippen LogP contribution in [0.3, 0.4) is 0 Å². The molecule has 6 nitrogen and oxygen atoms in total. The highest BCUT2D eigenvalue weighted by atomic mass is 16.4. The first kappa shape index (κ1) is 16.8. The van der Waals surface area contributed by atoms with Gasteiger partial charge in [0, 0.05) is 25.7 Å². The first-order valence-electron chi connectivity index (χ1n) is 7.53. The van der Waals surface area contributed by atoms with Gasteiger partial charge < -0.3 is 15.7 Å². The van der Waals surface area contributed by atoms with Crippen LogP contribution in [0.1, 0.15) is 39.5 Å². The van der Waals surface area contributed by atoms with Crippen LogP contribution in [0.2, 0.25) is 0 Å². The highest BCUT2D eigenvalue weighted by Gasteiger charge is 2.27. The quantitative estimate of drug-likeness (QED) is 0.528. The number of nitrogens with zero attached hydrogens (tertiary/aromatic N) is 1. The number of nitrogens with one attached hydrogen (secondary N) is 2. The third-order valence-corrected chi connectivity index (χ3v) is 3.68.